The number of rotatable bonds is 7. The van der Waals surface area contributed by atoms with E-state index in [9.17, 15) is 26.4 Å². The highest BCUT2D eigenvalue weighted by molar-refractivity contribution is 7.89. The van der Waals surface area contributed by atoms with Gasteiger partial charge in [0.2, 0.25) is 10.0 Å². The minimum absolute atomic E-state index is 0.00253. The highest BCUT2D eigenvalue weighted by Crippen LogP contribution is 2.33. The van der Waals surface area contributed by atoms with E-state index in [0.29, 0.717) is 11.3 Å². The number of benzene rings is 2. The maximum Gasteiger partial charge on any atom is 0.416 e. The Morgan fingerprint density at radius 3 is 2.24 bits per heavy atom. The lowest BCUT2D eigenvalue weighted by Crippen LogP contribution is -2.37. The normalized spacial score (nSPS) is 15.1. The van der Waals surface area contributed by atoms with Gasteiger partial charge in [0.15, 0.2) is 0 Å². The number of hydrogen-bond acceptors (Lipinski definition) is 4. The summed E-state index contributed by atoms with van der Waals surface area (Å²) in [6.45, 7) is 5.08. The smallest absolute Gasteiger partial charge is 0.371 e. The largest absolute Gasteiger partial charge is 0.416 e. The summed E-state index contributed by atoms with van der Waals surface area (Å²) in [7, 11) is -0.915. The molecule has 6 nitrogen and oxygen atoms in total. The Morgan fingerprint density at radius 1 is 1.03 bits per heavy atom. The summed E-state index contributed by atoms with van der Waals surface area (Å²) in [4.78, 5) is 15.3. The molecular formula is C24H30F3N3O3S. The Bertz CT molecular complexity index is 1160. The van der Waals surface area contributed by atoms with Gasteiger partial charge in [-0.2, -0.15) is 13.2 Å². The first-order valence-electron chi connectivity index (χ1n) is 11.0. The van der Waals surface area contributed by atoms with E-state index in [-0.39, 0.29) is 17.0 Å². The fraction of sp³-hybridized carbons (Fsp3) is 0.458. The molecule has 1 saturated heterocycles. The molecule has 1 aliphatic rings. The first-order chi connectivity index (χ1) is 15.7. The van der Waals surface area contributed by atoms with Gasteiger partial charge >= 0.3 is 6.18 Å². The van der Waals surface area contributed by atoms with Gasteiger partial charge in [0.05, 0.1) is 16.0 Å². The Kier molecular flexibility index (Phi) is 7.33. The molecule has 1 fully saturated rings. The van der Waals surface area contributed by atoms with Crippen LogP contribution in [0, 0.1) is 0 Å². The van der Waals surface area contributed by atoms with Gasteiger partial charge in [-0.1, -0.05) is 32.0 Å². The van der Waals surface area contributed by atoms with Crippen LogP contribution in [0.5, 0.6) is 0 Å². The maximum absolute atomic E-state index is 13.2. The van der Waals surface area contributed by atoms with Crippen LogP contribution in [-0.4, -0.2) is 52.4 Å². The van der Waals surface area contributed by atoms with Crippen molar-refractivity contribution in [3.63, 3.8) is 0 Å². The summed E-state index contributed by atoms with van der Waals surface area (Å²) in [6.07, 6.45) is -2.51. The van der Waals surface area contributed by atoms with Crippen molar-refractivity contribution in [2.24, 2.45) is 0 Å². The van der Waals surface area contributed by atoms with Gasteiger partial charge in [-0.05, 0) is 42.7 Å². The van der Waals surface area contributed by atoms with Crippen molar-refractivity contribution in [1.29, 1.82) is 0 Å². The van der Waals surface area contributed by atoms with Crippen LogP contribution in [0.2, 0.25) is 0 Å². The summed E-state index contributed by atoms with van der Waals surface area (Å²) >= 11 is 0. The van der Waals surface area contributed by atoms with Crippen molar-refractivity contribution in [1.82, 2.24) is 9.62 Å². The van der Waals surface area contributed by atoms with Crippen molar-refractivity contribution in [2.75, 3.05) is 38.6 Å². The van der Waals surface area contributed by atoms with E-state index in [1.165, 1.54) is 32.3 Å². The van der Waals surface area contributed by atoms with Crippen LogP contribution >= 0.6 is 0 Å². The molecule has 0 unspecified atom stereocenters. The number of carbonyl (C=O) groups is 1. The third-order valence-corrected chi connectivity index (χ3v) is 7.91. The molecule has 0 aromatic heterocycles. The van der Waals surface area contributed by atoms with Gasteiger partial charge in [-0.3, -0.25) is 4.79 Å². The third kappa shape index (κ3) is 5.55. The zero-order valence-corrected chi connectivity index (χ0v) is 20.6. The Balaban J connectivity index is 1.89. The average molecular weight is 498 g/mol. The van der Waals surface area contributed by atoms with Crippen molar-refractivity contribution in [2.45, 2.75) is 43.2 Å². The molecule has 0 spiro atoms. The van der Waals surface area contributed by atoms with Gasteiger partial charge < -0.3 is 10.2 Å². The van der Waals surface area contributed by atoms with E-state index >= 15 is 0 Å². The molecule has 0 saturated carbocycles. The summed E-state index contributed by atoms with van der Waals surface area (Å²) in [5.74, 6) is -0.474. The zero-order valence-electron chi connectivity index (χ0n) is 19.7. The maximum atomic E-state index is 13.2. The van der Waals surface area contributed by atoms with Crippen LogP contribution in [0.25, 0.3) is 0 Å². The topological polar surface area (TPSA) is 69.7 Å². The van der Waals surface area contributed by atoms with Gasteiger partial charge in [-0.25, -0.2) is 12.7 Å². The Morgan fingerprint density at radius 2 is 1.65 bits per heavy atom. The van der Waals surface area contributed by atoms with Crippen molar-refractivity contribution in [3.8, 4) is 0 Å². The molecule has 0 aliphatic carbocycles. The van der Waals surface area contributed by atoms with E-state index in [0.717, 1.165) is 42.4 Å². The summed E-state index contributed by atoms with van der Waals surface area (Å²) in [5, 5.41) is 2.81. The molecule has 0 bridgehead atoms. The molecule has 3 rings (SSSR count). The van der Waals surface area contributed by atoms with Crippen molar-refractivity contribution >= 4 is 21.6 Å². The second-order valence-corrected chi connectivity index (χ2v) is 11.5. The Labute approximate surface area is 198 Å². The quantitative estimate of drug-likeness (QED) is 0.621. The molecule has 2 aromatic carbocycles. The lowest BCUT2D eigenvalue weighted by Gasteiger charge is -2.27. The van der Waals surface area contributed by atoms with Crippen LogP contribution in [0.1, 0.15) is 48.2 Å². The molecule has 34 heavy (non-hydrogen) atoms. The zero-order chi connectivity index (χ0) is 25.3. The van der Waals surface area contributed by atoms with Gasteiger partial charge in [-0.15, -0.1) is 0 Å². The van der Waals surface area contributed by atoms with E-state index in [1.807, 2.05) is 4.90 Å². The van der Waals surface area contributed by atoms with Crippen LogP contribution in [0.15, 0.2) is 47.4 Å². The highest BCUT2D eigenvalue weighted by Gasteiger charge is 2.32. The molecule has 1 N–H and O–H groups in total. The standard InChI is InChI=1S/C24H30F3N3O3S/c1-23(2,17-8-7-9-18(14-17)24(25,26)27)16-28-22(31)20-15-19(34(32,33)29(3)4)10-11-21(20)30-12-5-6-13-30/h7-11,14-15H,5-6,12-13,16H2,1-4H3,(H,28,31). The predicted octanol–water partition coefficient (Wildman–Crippen LogP) is 4.26. The molecule has 0 atom stereocenters. The van der Waals surface area contributed by atoms with E-state index in [1.54, 1.807) is 26.0 Å². The summed E-state index contributed by atoms with van der Waals surface area (Å²) in [5.41, 5.74) is -0.235. The average Bonchev–Trinajstić information content (AvgIpc) is 3.31. The van der Waals surface area contributed by atoms with Crippen LogP contribution in [0.3, 0.4) is 0 Å². The molecule has 1 heterocycles. The second-order valence-electron chi connectivity index (χ2n) is 9.31. The number of anilines is 1. The summed E-state index contributed by atoms with van der Waals surface area (Å²) in [6, 6.07) is 9.56. The Hall–Kier alpha value is -2.59. The van der Waals surface area contributed by atoms with Crippen LogP contribution in [-0.2, 0) is 21.6 Å². The number of alkyl halides is 3. The number of hydrogen-bond donors (Lipinski definition) is 1. The number of amides is 1. The first kappa shape index (κ1) is 26.0. The molecule has 1 aliphatic heterocycles. The van der Waals surface area contributed by atoms with Crippen LogP contribution < -0.4 is 10.2 Å². The molecule has 10 heteroatoms. The number of halogens is 3. The van der Waals surface area contributed by atoms with E-state index in [4.69, 9.17) is 0 Å². The summed E-state index contributed by atoms with van der Waals surface area (Å²) < 4.78 is 65.8. The fourth-order valence-corrected chi connectivity index (χ4v) is 4.85. The minimum Gasteiger partial charge on any atom is -0.371 e. The molecule has 0 radical (unpaired) electrons. The molecule has 1 amide bonds. The van der Waals surface area contributed by atoms with Gasteiger partial charge in [0, 0.05) is 44.8 Å². The van der Waals surface area contributed by atoms with Gasteiger partial charge in [0.25, 0.3) is 5.91 Å². The first-order valence-corrected chi connectivity index (χ1v) is 12.4. The second kappa shape index (κ2) is 9.58. The van der Waals surface area contributed by atoms with E-state index in [2.05, 4.69) is 5.32 Å². The lowest BCUT2D eigenvalue weighted by molar-refractivity contribution is -0.137. The van der Waals surface area contributed by atoms with Crippen molar-refractivity contribution in [3.05, 3.63) is 59.2 Å². The molecule has 2 aromatic rings. The van der Waals surface area contributed by atoms with Crippen LogP contribution in [0.4, 0.5) is 18.9 Å². The number of sulfonamides is 1. The number of nitrogens with zero attached hydrogens (tertiary/aromatic N) is 2. The van der Waals surface area contributed by atoms with E-state index < -0.39 is 33.1 Å². The minimum atomic E-state index is -4.46. The molecule has 186 valence electrons. The predicted molar refractivity (Wildman–Crippen MR) is 126 cm³/mol. The van der Waals surface area contributed by atoms with Gasteiger partial charge in [0.1, 0.15) is 0 Å². The SMILES string of the molecule is CN(C)S(=O)(=O)c1ccc(N2CCCC2)c(C(=O)NCC(C)(C)c2cccc(C(F)(F)F)c2)c1. The highest BCUT2D eigenvalue weighted by atomic mass is 32.2. The fourth-order valence-electron chi connectivity index (χ4n) is 3.92. The molecular weight excluding hydrogens is 467 g/mol. The van der Waals surface area contributed by atoms with Crippen molar-refractivity contribution < 1.29 is 26.4 Å². The third-order valence-electron chi connectivity index (χ3n) is 6.10. The lowest BCUT2D eigenvalue weighted by atomic mass is 9.83. The number of carbonyl (C=O) groups excluding carboxylic acids is 1. The number of nitrogens with one attached hydrogen (secondary N) is 1. The monoisotopic (exact) mass is 497 g/mol.